The topological polar surface area (TPSA) is 58.9 Å². The summed E-state index contributed by atoms with van der Waals surface area (Å²) < 4.78 is 0. The Labute approximate surface area is 157 Å². The fraction of sp³-hybridized carbons (Fsp3) is 0.263. The number of oxime groups is 1. The lowest BCUT2D eigenvalue weighted by molar-refractivity contribution is -0.137. The van der Waals surface area contributed by atoms with Crippen LogP contribution in [0.1, 0.15) is 36.8 Å². The summed E-state index contributed by atoms with van der Waals surface area (Å²) in [6, 6.07) is 14.7. The molecule has 2 rings (SSSR count). The lowest BCUT2D eigenvalue weighted by Crippen LogP contribution is -2.05. The molecule has 0 saturated carbocycles. The van der Waals surface area contributed by atoms with Crippen LogP contribution in [0.3, 0.4) is 0 Å². The van der Waals surface area contributed by atoms with E-state index in [0.29, 0.717) is 28.8 Å². The van der Waals surface area contributed by atoms with E-state index in [1.165, 1.54) is 0 Å². The molecule has 0 fully saturated rings. The van der Waals surface area contributed by atoms with Crippen LogP contribution in [0.15, 0.2) is 53.7 Å². The van der Waals surface area contributed by atoms with Crippen LogP contribution in [0.5, 0.6) is 0 Å². The van der Waals surface area contributed by atoms with Crippen LogP contribution in [0.2, 0.25) is 10.0 Å². The van der Waals surface area contributed by atoms with E-state index in [2.05, 4.69) is 5.16 Å². The zero-order chi connectivity index (χ0) is 18.1. The van der Waals surface area contributed by atoms with E-state index in [1.807, 2.05) is 24.3 Å². The number of hydrogen-bond acceptors (Lipinski definition) is 3. The highest BCUT2D eigenvalue weighted by molar-refractivity contribution is 6.31. The number of halogens is 2. The predicted molar refractivity (Wildman–Crippen MR) is 101 cm³/mol. The zero-order valence-corrected chi connectivity index (χ0v) is 15.1. The molecule has 0 unspecified atom stereocenters. The first-order valence-corrected chi connectivity index (χ1v) is 8.75. The summed E-state index contributed by atoms with van der Waals surface area (Å²) in [6.07, 6.45) is 2.37. The van der Waals surface area contributed by atoms with Gasteiger partial charge < -0.3 is 9.94 Å². The van der Waals surface area contributed by atoms with Gasteiger partial charge in [0.05, 0.1) is 0 Å². The summed E-state index contributed by atoms with van der Waals surface area (Å²) >= 11 is 11.9. The van der Waals surface area contributed by atoms with Crippen molar-refractivity contribution >= 4 is 34.9 Å². The predicted octanol–water partition coefficient (Wildman–Crippen LogP) is 5.41. The Morgan fingerprint density at radius 1 is 0.880 bits per heavy atom. The van der Waals surface area contributed by atoms with E-state index < -0.39 is 5.97 Å². The highest BCUT2D eigenvalue weighted by atomic mass is 35.5. The Bertz CT molecular complexity index is 665. The van der Waals surface area contributed by atoms with Crippen molar-refractivity contribution < 1.29 is 14.7 Å². The molecule has 0 spiro atoms. The summed E-state index contributed by atoms with van der Waals surface area (Å²) in [7, 11) is 0. The molecule has 2 aromatic carbocycles. The van der Waals surface area contributed by atoms with E-state index in [-0.39, 0.29) is 6.42 Å². The normalized spacial score (nSPS) is 10.3. The number of carboxylic acids is 1. The molecule has 0 radical (unpaired) electrons. The van der Waals surface area contributed by atoms with Crippen molar-refractivity contribution in [1.82, 2.24) is 0 Å². The van der Waals surface area contributed by atoms with Crippen LogP contribution < -0.4 is 0 Å². The van der Waals surface area contributed by atoms with Crippen molar-refractivity contribution in [2.24, 2.45) is 5.16 Å². The average molecular weight is 380 g/mol. The lowest BCUT2D eigenvalue weighted by atomic mass is 10.0. The number of hydrogen-bond donors (Lipinski definition) is 1. The molecule has 0 amide bonds. The third kappa shape index (κ3) is 6.77. The molecule has 0 saturated heterocycles. The number of carbonyl (C=O) groups is 1. The van der Waals surface area contributed by atoms with Crippen LogP contribution in [0.4, 0.5) is 0 Å². The maximum Gasteiger partial charge on any atom is 0.303 e. The van der Waals surface area contributed by atoms with Gasteiger partial charge in [0.2, 0.25) is 0 Å². The maximum absolute atomic E-state index is 10.5. The standard InChI is InChI=1S/C19H19Cl2NO3/c20-16-9-5-14(6-10-16)19(15-7-11-17(21)12-8-15)22-25-13-3-1-2-4-18(23)24/h5-12H,1-4,13H2,(H,23,24). The molecule has 0 bridgehead atoms. The molecule has 0 aliphatic carbocycles. The molecule has 0 aliphatic rings. The van der Waals surface area contributed by atoms with Crippen molar-refractivity contribution in [2.75, 3.05) is 6.61 Å². The van der Waals surface area contributed by atoms with Gasteiger partial charge in [-0.05, 0) is 43.5 Å². The third-order valence-corrected chi connectivity index (χ3v) is 4.02. The van der Waals surface area contributed by atoms with Crippen LogP contribution in [-0.2, 0) is 9.63 Å². The Hall–Kier alpha value is -2.04. The van der Waals surface area contributed by atoms with Crippen LogP contribution in [0, 0.1) is 0 Å². The minimum Gasteiger partial charge on any atom is -0.481 e. The molecular weight excluding hydrogens is 361 g/mol. The van der Waals surface area contributed by atoms with Crippen LogP contribution in [0.25, 0.3) is 0 Å². The van der Waals surface area contributed by atoms with Gasteiger partial charge in [-0.15, -0.1) is 0 Å². The third-order valence-electron chi connectivity index (χ3n) is 3.52. The van der Waals surface area contributed by atoms with E-state index in [4.69, 9.17) is 33.1 Å². The molecule has 0 heterocycles. The fourth-order valence-corrected chi connectivity index (χ4v) is 2.47. The largest absolute Gasteiger partial charge is 0.481 e. The smallest absolute Gasteiger partial charge is 0.303 e. The minimum absolute atomic E-state index is 0.185. The van der Waals surface area contributed by atoms with Crippen molar-refractivity contribution in [1.29, 1.82) is 0 Å². The van der Waals surface area contributed by atoms with Crippen molar-refractivity contribution in [3.8, 4) is 0 Å². The van der Waals surface area contributed by atoms with Gasteiger partial charge >= 0.3 is 5.97 Å². The summed E-state index contributed by atoms with van der Waals surface area (Å²) in [5.41, 5.74) is 2.47. The molecule has 2 aromatic rings. The van der Waals surface area contributed by atoms with Gasteiger partial charge in [-0.2, -0.15) is 0 Å². The van der Waals surface area contributed by atoms with Gasteiger partial charge in [-0.3, -0.25) is 4.79 Å². The van der Waals surface area contributed by atoms with Gasteiger partial charge in [0.15, 0.2) is 0 Å². The number of benzene rings is 2. The van der Waals surface area contributed by atoms with E-state index in [0.717, 1.165) is 24.0 Å². The van der Waals surface area contributed by atoms with Crippen molar-refractivity contribution in [3.05, 3.63) is 69.7 Å². The van der Waals surface area contributed by atoms with Crippen molar-refractivity contribution in [3.63, 3.8) is 0 Å². The van der Waals surface area contributed by atoms with Gasteiger partial charge in [0.1, 0.15) is 12.3 Å². The van der Waals surface area contributed by atoms with Crippen LogP contribution in [-0.4, -0.2) is 23.4 Å². The molecule has 4 nitrogen and oxygen atoms in total. The number of unbranched alkanes of at least 4 members (excludes halogenated alkanes) is 2. The first-order valence-electron chi connectivity index (χ1n) is 8.00. The summed E-state index contributed by atoms with van der Waals surface area (Å²) in [4.78, 5) is 15.9. The first-order chi connectivity index (χ1) is 12.1. The second kappa shape index (κ2) is 10.1. The lowest BCUT2D eigenvalue weighted by Gasteiger charge is -2.08. The average Bonchev–Trinajstić information content (AvgIpc) is 2.59. The molecule has 6 heteroatoms. The molecule has 0 atom stereocenters. The maximum atomic E-state index is 10.5. The number of rotatable bonds is 9. The first kappa shape index (κ1) is 19.3. The van der Waals surface area contributed by atoms with Gasteiger partial charge in [-0.1, -0.05) is 52.6 Å². The molecule has 1 N–H and O–H groups in total. The van der Waals surface area contributed by atoms with Gasteiger partial charge in [-0.25, -0.2) is 0 Å². The number of carboxylic acid groups (broad SMARTS) is 1. The molecule has 25 heavy (non-hydrogen) atoms. The second-order valence-electron chi connectivity index (χ2n) is 5.49. The second-order valence-corrected chi connectivity index (χ2v) is 6.36. The van der Waals surface area contributed by atoms with Crippen LogP contribution >= 0.6 is 23.2 Å². The Morgan fingerprint density at radius 3 is 1.88 bits per heavy atom. The van der Waals surface area contributed by atoms with Gasteiger partial charge in [0, 0.05) is 27.6 Å². The summed E-state index contributed by atoms with van der Waals surface area (Å²) in [6.45, 7) is 0.435. The van der Waals surface area contributed by atoms with E-state index >= 15 is 0 Å². The minimum atomic E-state index is -0.772. The monoisotopic (exact) mass is 379 g/mol. The molecule has 132 valence electrons. The van der Waals surface area contributed by atoms with Gasteiger partial charge in [0.25, 0.3) is 0 Å². The highest BCUT2D eigenvalue weighted by Crippen LogP contribution is 2.17. The molecule has 0 aliphatic heterocycles. The SMILES string of the molecule is O=C(O)CCCCCON=C(c1ccc(Cl)cc1)c1ccc(Cl)cc1. The number of aliphatic carboxylic acids is 1. The Balaban J connectivity index is 2.03. The summed E-state index contributed by atoms with van der Waals surface area (Å²) in [5, 5.41) is 14.2. The quantitative estimate of drug-likeness (QED) is 0.360. The molecular formula is C19H19Cl2NO3. The fourth-order valence-electron chi connectivity index (χ4n) is 2.22. The molecule has 0 aromatic heterocycles. The van der Waals surface area contributed by atoms with E-state index in [9.17, 15) is 4.79 Å². The van der Waals surface area contributed by atoms with E-state index in [1.54, 1.807) is 24.3 Å². The highest BCUT2D eigenvalue weighted by Gasteiger charge is 2.08. The number of nitrogens with zero attached hydrogens (tertiary/aromatic N) is 1. The zero-order valence-electron chi connectivity index (χ0n) is 13.6. The Morgan fingerprint density at radius 2 is 1.40 bits per heavy atom. The Kier molecular flexibility index (Phi) is 7.76. The summed E-state index contributed by atoms with van der Waals surface area (Å²) in [5.74, 6) is -0.772. The van der Waals surface area contributed by atoms with Crippen molar-refractivity contribution in [2.45, 2.75) is 25.7 Å².